The maximum Gasteiger partial charge on any atom is 0.156 e. The van der Waals surface area contributed by atoms with Crippen LogP contribution in [0.2, 0.25) is 5.02 Å². The molecule has 4 heteroatoms. The molecule has 0 aromatic heterocycles. The van der Waals surface area contributed by atoms with Crippen molar-refractivity contribution < 1.29 is 4.74 Å². The van der Waals surface area contributed by atoms with Crippen LogP contribution in [0.5, 0.6) is 5.75 Å². The van der Waals surface area contributed by atoms with Crippen LogP contribution in [0.25, 0.3) is 0 Å². The van der Waals surface area contributed by atoms with E-state index in [1.165, 1.54) is 32.1 Å². The smallest absolute Gasteiger partial charge is 0.156 e. The summed E-state index contributed by atoms with van der Waals surface area (Å²) < 4.78 is 6.35. The first-order chi connectivity index (χ1) is 9.10. The third kappa shape index (κ3) is 4.03. The Bertz CT molecular complexity index is 438. The maximum atomic E-state index is 6.13. The molecular formula is C15H21BrClNO. The van der Waals surface area contributed by atoms with Crippen molar-refractivity contribution in [2.75, 3.05) is 12.4 Å². The van der Waals surface area contributed by atoms with Gasteiger partial charge in [0.15, 0.2) is 5.75 Å². The lowest BCUT2D eigenvalue weighted by atomic mass is 10.0. The SMILES string of the molecule is COc1c(Br)cc(Cl)cc1NC1CCCC(C)CC1. The Labute approximate surface area is 129 Å². The van der Waals surface area contributed by atoms with E-state index in [1.54, 1.807) is 7.11 Å². The molecule has 0 saturated heterocycles. The highest BCUT2D eigenvalue weighted by Crippen LogP contribution is 2.37. The molecule has 1 aromatic rings. The highest BCUT2D eigenvalue weighted by atomic mass is 79.9. The van der Waals surface area contributed by atoms with Crippen LogP contribution in [0, 0.1) is 5.92 Å². The molecule has 1 saturated carbocycles. The third-order valence-electron chi connectivity index (χ3n) is 3.83. The van der Waals surface area contributed by atoms with Crippen LogP contribution >= 0.6 is 27.5 Å². The topological polar surface area (TPSA) is 21.3 Å². The summed E-state index contributed by atoms with van der Waals surface area (Å²) in [5.74, 6) is 1.68. The molecule has 2 nitrogen and oxygen atoms in total. The van der Waals surface area contributed by atoms with E-state index in [0.29, 0.717) is 6.04 Å². The Morgan fingerprint density at radius 1 is 1.26 bits per heavy atom. The standard InChI is InChI=1S/C15H21BrClNO/c1-10-4-3-5-12(7-6-10)18-14-9-11(17)8-13(16)15(14)19-2/h8-10,12,18H,3-7H2,1-2H3. The van der Waals surface area contributed by atoms with Gasteiger partial charge in [-0.15, -0.1) is 0 Å². The van der Waals surface area contributed by atoms with E-state index in [1.807, 2.05) is 12.1 Å². The lowest BCUT2D eigenvalue weighted by molar-refractivity contribution is 0.413. The summed E-state index contributed by atoms with van der Waals surface area (Å²) in [5, 5.41) is 4.32. The van der Waals surface area contributed by atoms with E-state index >= 15 is 0 Å². The molecule has 2 rings (SSSR count). The summed E-state index contributed by atoms with van der Waals surface area (Å²) in [6.07, 6.45) is 6.37. The second-order valence-corrected chi connectivity index (χ2v) is 6.71. The molecular weight excluding hydrogens is 326 g/mol. The first kappa shape index (κ1) is 15.0. The van der Waals surface area contributed by atoms with E-state index in [4.69, 9.17) is 16.3 Å². The quantitative estimate of drug-likeness (QED) is 0.730. The lowest BCUT2D eigenvalue weighted by Gasteiger charge is -2.20. The van der Waals surface area contributed by atoms with Gasteiger partial charge in [-0.25, -0.2) is 0 Å². The first-order valence-corrected chi connectivity index (χ1v) is 8.07. The molecule has 0 amide bonds. The predicted octanol–water partition coefficient (Wildman–Crippen LogP) is 5.49. The van der Waals surface area contributed by atoms with Crippen molar-refractivity contribution in [3.63, 3.8) is 0 Å². The predicted molar refractivity (Wildman–Crippen MR) is 85.4 cm³/mol. The minimum Gasteiger partial charge on any atom is -0.493 e. The summed E-state index contributed by atoms with van der Waals surface area (Å²) in [6, 6.07) is 4.32. The zero-order valence-electron chi connectivity index (χ0n) is 11.5. The van der Waals surface area contributed by atoms with Crippen LogP contribution in [0.3, 0.4) is 0 Å². The summed E-state index contributed by atoms with van der Waals surface area (Å²) >= 11 is 9.63. The molecule has 106 valence electrons. The van der Waals surface area contributed by atoms with Crippen LogP contribution < -0.4 is 10.1 Å². The first-order valence-electron chi connectivity index (χ1n) is 6.89. The van der Waals surface area contributed by atoms with Crippen LogP contribution in [0.1, 0.15) is 39.0 Å². The van der Waals surface area contributed by atoms with Gasteiger partial charge in [-0.3, -0.25) is 0 Å². The van der Waals surface area contributed by atoms with Gasteiger partial charge in [0.2, 0.25) is 0 Å². The van der Waals surface area contributed by atoms with Crippen LogP contribution in [-0.4, -0.2) is 13.2 Å². The van der Waals surface area contributed by atoms with Crippen molar-refractivity contribution in [1.29, 1.82) is 0 Å². The molecule has 1 N–H and O–H groups in total. The van der Waals surface area contributed by atoms with Crippen molar-refractivity contribution in [2.24, 2.45) is 5.92 Å². The van der Waals surface area contributed by atoms with Gasteiger partial charge in [-0.05, 0) is 53.2 Å². The van der Waals surface area contributed by atoms with E-state index in [-0.39, 0.29) is 0 Å². The van der Waals surface area contributed by atoms with E-state index in [9.17, 15) is 0 Å². The monoisotopic (exact) mass is 345 g/mol. The van der Waals surface area contributed by atoms with Crippen molar-refractivity contribution in [2.45, 2.75) is 45.1 Å². The van der Waals surface area contributed by atoms with Gasteiger partial charge in [0.05, 0.1) is 17.3 Å². The van der Waals surface area contributed by atoms with Gasteiger partial charge in [0.25, 0.3) is 0 Å². The van der Waals surface area contributed by atoms with Gasteiger partial charge >= 0.3 is 0 Å². The molecule has 19 heavy (non-hydrogen) atoms. The highest BCUT2D eigenvalue weighted by Gasteiger charge is 2.18. The second-order valence-electron chi connectivity index (χ2n) is 5.42. The van der Waals surface area contributed by atoms with Crippen molar-refractivity contribution in [3.05, 3.63) is 21.6 Å². The van der Waals surface area contributed by atoms with Crippen LogP contribution in [0.15, 0.2) is 16.6 Å². The zero-order chi connectivity index (χ0) is 13.8. The molecule has 0 bridgehead atoms. The molecule has 1 fully saturated rings. The van der Waals surface area contributed by atoms with E-state index < -0.39 is 0 Å². The molecule has 2 atom stereocenters. The zero-order valence-corrected chi connectivity index (χ0v) is 13.9. The maximum absolute atomic E-state index is 6.13. The molecule has 0 heterocycles. The molecule has 2 unspecified atom stereocenters. The number of nitrogens with one attached hydrogen (secondary N) is 1. The minimum absolute atomic E-state index is 0.518. The number of anilines is 1. The Kier molecular flexibility index (Phi) is 5.40. The fourth-order valence-corrected chi connectivity index (χ4v) is 3.70. The average molecular weight is 347 g/mol. The van der Waals surface area contributed by atoms with Gasteiger partial charge in [0.1, 0.15) is 0 Å². The van der Waals surface area contributed by atoms with Crippen LogP contribution in [0.4, 0.5) is 5.69 Å². The summed E-state index contributed by atoms with van der Waals surface area (Å²) in [7, 11) is 1.69. The number of methoxy groups -OCH3 is 1. The highest BCUT2D eigenvalue weighted by molar-refractivity contribution is 9.10. The number of rotatable bonds is 3. The van der Waals surface area contributed by atoms with Gasteiger partial charge < -0.3 is 10.1 Å². The summed E-state index contributed by atoms with van der Waals surface area (Å²) in [6.45, 7) is 2.35. The molecule has 0 radical (unpaired) electrons. The Hall–Kier alpha value is -0.410. The average Bonchev–Trinajstić information content (AvgIpc) is 2.54. The third-order valence-corrected chi connectivity index (χ3v) is 4.64. The van der Waals surface area contributed by atoms with Gasteiger partial charge in [-0.1, -0.05) is 31.4 Å². The normalized spacial score (nSPS) is 23.8. The number of benzene rings is 1. The lowest BCUT2D eigenvalue weighted by Crippen LogP contribution is -2.19. The Morgan fingerprint density at radius 3 is 2.79 bits per heavy atom. The number of halogens is 2. The number of hydrogen-bond acceptors (Lipinski definition) is 2. The fourth-order valence-electron chi connectivity index (χ4n) is 2.73. The molecule has 0 spiro atoms. The van der Waals surface area contributed by atoms with Gasteiger partial charge in [0, 0.05) is 11.1 Å². The Morgan fingerprint density at radius 2 is 2.05 bits per heavy atom. The largest absolute Gasteiger partial charge is 0.493 e. The summed E-state index contributed by atoms with van der Waals surface area (Å²) in [4.78, 5) is 0. The van der Waals surface area contributed by atoms with Gasteiger partial charge in [-0.2, -0.15) is 0 Å². The fraction of sp³-hybridized carbons (Fsp3) is 0.600. The van der Waals surface area contributed by atoms with E-state index in [0.717, 1.165) is 26.9 Å². The van der Waals surface area contributed by atoms with Crippen LogP contribution in [-0.2, 0) is 0 Å². The summed E-state index contributed by atoms with van der Waals surface area (Å²) in [5.41, 5.74) is 0.987. The van der Waals surface area contributed by atoms with Crippen molar-refractivity contribution in [3.8, 4) is 5.75 Å². The second kappa shape index (κ2) is 6.85. The van der Waals surface area contributed by atoms with E-state index in [2.05, 4.69) is 28.2 Å². The number of hydrogen-bond donors (Lipinski definition) is 1. The molecule has 0 aliphatic heterocycles. The molecule has 1 aromatic carbocycles. The van der Waals surface area contributed by atoms with Crippen molar-refractivity contribution >= 4 is 33.2 Å². The Balaban J connectivity index is 2.13. The number of ether oxygens (including phenoxy) is 1. The molecule has 1 aliphatic rings. The molecule has 1 aliphatic carbocycles. The van der Waals surface area contributed by atoms with Crippen molar-refractivity contribution in [1.82, 2.24) is 0 Å². The minimum atomic E-state index is 0.518.